The number of carbonyl (C=O) groups excluding carboxylic acids is 3. The third-order valence-corrected chi connectivity index (χ3v) is 5.73. The topological polar surface area (TPSA) is 130 Å². The fourth-order valence-electron chi connectivity index (χ4n) is 4.18. The molecule has 3 aromatic rings. The van der Waals surface area contributed by atoms with Crippen LogP contribution in [-0.2, 0) is 20.9 Å². The summed E-state index contributed by atoms with van der Waals surface area (Å²) in [5, 5.41) is 13.7. The number of ketones is 1. The minimum atomic E-state index is -0.893. The van der Waals surface area contributed by atoms with Crippen LogP contribution in [0.15, 0.2) is 54.6 Å². The first-order valence-corrected chi connectivity index (χ1v) is 10.2. The first-order valence-electron chi connectivity index (χ1n) is 10.2. The van der Waals surface area contributed by atoms with Gasteiger partial charge in [-0.3, -0.25) is 14.6 Å². The normalized spacial score (nSPS) is 17.4. The van der Waals surface area contributed by atoms with E-state index in [1.54, 1.807) is 56.8 Å². The number of esters is 1. The number of hydrogen-bond acceptors (Lipinski definition) is 6. The average Bonchev–Trinajstić information content (AvgIpc) is 3.27. The summed E-state index contributed by atoms with van der Waals surface area (Å²) in [6.07, 6.45) is 6.55. The Kier molecular flexibility index (Phi) is 5.78. The van der Waals surface area contributed by atoms with Crippen LogP contribution in [0.2, 0.25) is 0 Å². The maximum absolute atomic E-state index is 13.7. The summed E-state index contributed by atoms with van der Waals surface area (Å²) in [6, 6.07) is 6.06. The molecule has 0 aliphatic carbocycles. The zero-order valence-corrected chi connectivity index (χ0v) is 18.3. The Bertz CT molecular complexity index is 1260. The Morgan fingerprint density at radius 1 is 1.24 bits per heavy atom. The second kappa shape index (κ2) is 8.70. The summed E-state index contributed by atoms with van der Waals surface area (Å²) in [5.74, 6) is -2.84. The van der Waals surface area contributed by atoms with Crippen LogP contribution in [0.5, 0.6) is 0 Å². The van der Waals surface area contributed by atoms with Crippen molar-refractivity contribution in [3.05, 3.63) is 88.3 Å². The number of carbonyl (C=O) groups is 3. The molecule has 1 amide bonds. The average molecular weight is 446 g/mol. The van der Waals surface area contributed by atoms with E-state index >= 15 is 0 Å². The quantitative estimate of drug-likeness (QED) is 0.270. The number of rotatable bonds is 5. The molecule has 0 aromatic carbocycles. The number of hydrogen-bond donors (Lipinski definition) is 1. The van der Waals surface area contributed by atoms with Gasteiger partial charge in [0.2, 0.25) is 5.78 Å². The first-order chi connectivity index (χ1) is 15.8. The van der Waals surface area contributed by atoms with Crippen LogP contribution in [0, 0.1) is 13.8 Å². The second-order valence-electron chi connectivity index (χ2n) is 7.72. The van der Waals surface area contributed by atoms with Gasteiger partial charge < -0.3 is 19.7 Å². The maximum Gasteiger partial charge on any atom is 0.354 e. The van der Waals surface area contributed by atoms with E-state index in [4.69, 9.17) is 4.74 Å². The lowest BCUT2D eigenvalue weighted by Gasteiger charge is -2.27. The van der Waals surface area contributed by atoms with E-state index in [0.717, 1.165) is 5.56 Å². The molecule has 1 aliphatic rings. The number of amides is 1. The van der Waals surface area contributed by atoms with Crippen LogP contribution < -0.4 is 10.1 Å². The third kappa shape index (κ3) is 3.78. The van der Waals surface area contributed by atoms with E-state index in [1.165, 1.54) is 12.0 Å². The number of likely N-dealkylation sites (tertiary alicyclic amines) is 1. The van der Waals surface area contributed by atoms with Crippen LogP contribution in [-0.4, -0.2) is 39.6 Å². The molecule has 1 saturated heterocycles. The highest BCUT2D eigenvalue weighted by Crippen LogP contribution is 2.40. The molecule has 168 valence electrons. The Labute approximate surface area is 189 Å². The lowest BCUT2D eigenvalue weighted by atomic mass is 9.94. The largest absolute Gasteiger partial charge is 0.872 e. The number of aromatic nitrogens is 3. The van der Waals surface area contributed by atoms with Gasteiger partial charge in [-0.1, -0.05) is 5.76 Å². The molecule has 33 heavy (non-hydrogen) atoms. The Morgan fingerprint density at radius 2 is 1.97 bits per heavy atom. The zero-order chi connectivity index (χ0) is 23.7. The summed E-state index contributed by atoms with van der Waals surface area (Å²) in [5.41, 5.74) is 2.29. The van der Waals surface area contributed by atoms with Crippen LogP contribution >= 0.6 is 0 Å². The van der Waals surface area contributed by atoms with Crippen molar-refractivity contribution in [3.8, 4) is 0 Å². The molecule has 4 heterocycles. The second-order valence-corrected chi connectivity index (χ2v) is 7.72. The fourth-order valence-corrected chi connectivity index (χ4v) is 4.18. The molecule has 0 radical (unpaired) electrons. The molecule has 4 rings (SSSR count). The fraction of sp³-hybridized carbons (Fsp3) is 0.208. The minimum absolute atomic E-state index is 0.129. The Hall–Kier alpha value is -4.27. The number of nitrogens with one attached hydrogen (secondary N) is 2. The maximum atomic E-state index is 13.7. The molecule has 1 atom stereocenters. The monoisotopic (exact) mass is 446 g/mol. The van der Waals surface area contributed by atoms with E-state index in [-0.39, 0.29) is 23.4 Å². The van der Waals surface area contributed by atoms with Gasteiger partial charge in [-0.25, -0.2) is 9.78 Å². The molecular weight excluding hydrogens is 424 g/mol. The van der Waals surface area contributed by atoms with E-state index < -0.39 is 29.5 Å². The molecule has 0 bridgehead atoms. The number of nitrogens with zero attached hydrogens (tertiary/aromatic N) is 2. The van der Waals surface area contributed by atoms with Gasteiger partial charge in [0.25, 0.3) is 5.91 Å². The summed E-state index contributed by atoms with van der Waals surface area (Å²) in [7, 11) is 1.24. The molecule has 9 nitrogen and oxygen atoms in total. The van der Waals surface area contributed by atoms with Gasteiger partial charge in [0.15, 0.2) is 12.4 Å². The Balaban J connectivity index is 1.90. The third-order valence-electron chi connectivity index (χ3n) is 5.73. The van der Waals surface area contributed by atoms with E-state index in [1.807, 2.05) is 6.07 Å². The van der Waals surface area contributed by atoms with Crippen LogP contribution in [0.25, 0.3) is 5.76 Å². The van der Waals surface area contributed by atoms with E-state index in [0.29, 0.717) is 16.8 Å². The van der Waals surface area contributed by atoms with Gasteiger partial charge in [-0.05, 0) is 48.7 Å². The highest BCUT2D eigenvalue weighted by molar-refractivity contribution is 6.46. The van der Waals surface area contributed by atoms with Crippen LogP contribution in [0.1, 0.15) is 44.5 Å². The van der Waals surface area contributed by atoms with Gasteiger partial charge in [0.05, 0.1) is 19.7 Å². The van der Waals surface area contributed by atoms with Crippen molar-refractivity contribution in [1.82, 2.24) is 14.9 Å². The highest BCUT2D eigenvalue weighted by Gasteiger charge is 2.44. The molecule has 1 fully saturated rings. The molecule has 2 N–H and O–H groups in total. The summed E-state index contributed by atoms with van der Waals surface area (Å²) in [4.78, 5) is 49.5. The van der Waals surface area contributed by atoms with Crippen molar-refractivity contribution in [2.24, 2.45) is 0 Å². The minimum Gasteiger partial charge on any atom is -0.872 e. The van der Waals surface area contributed by atoms with Crippen LogP contribution in [0.3, 0.4) is 0 Å². The number of aryl methyl sites for hydroxylation is 1. The summed E-state index contributed by atoms with van der Waals surface area (Å²) in [6.45, 7) is 3.36. The number of methoxy groups -OCH3 is 1. The SMILES string of the molecule is COC(=O)c1[nH]c(C)c(C([O-])=C2C(=O)C(=O)N(Cc3ccc[nH+]c3)C2c2ccncc2)c1C. The molecule has 9 heteroatoms. The van der Waals surface area contributed by atoms with E-state index in [2.05, 4.69) is 15.0 Å². The van der Waals surface area contributed by atoms with Crippen molar-refractivity contribution in [2.45, 2.75) is 26.4 Å². The number of ether oxygens (including phenoxy) is 1. The lowest BCUT2D eigenvalue weighted by Crippen LogP contribution is -2.29. The lowest BCUT2D eigenvalue weighted by molar-refractivity contribution is -0.378. The standard InChI is InChI=1S/C24H22N4O5/c1-13-17(14(2)27-19(13)24(32)33-3)21(29)18-20(16-6-9-25-10-7-16)28(23(31)22(18)30)12-15-5-4-8-26-11-15/h4-11,20,27,29H,12H2,1-3H3. The van der Waals surface area contributed by atoms with E-state index in [9.17, 15) is 19.5 Å². The highest BCUT2D eigenvalue weighted by atomic mass is 16.5. The molecule has 0 saturated carbocycles. The molecule has 3 aromatic heterocycles. The van der Waals surface area contributed by atoms with Gasteiger partial charge >= 0.3 is 5.97 Å². The van der Waals surface area contributed by atoms with Crippen LogP contribution in [0.4, 0.5) is 0 Å². The number of aromatic amines is 2. The van der Waals surface area contributed by atoms with Crippen molar-refractivity contribution in [1.29, 1.82) is 0 Å². The first kappa shape index (κ1) is 21.9. The van der Waals surface area contributed by atoms with Gasteiger partial charge in [0, 0.05) is 35.3 Å². The molecule has 1 unspecified atom stereocenters. The predicted octanol–water partition coefficient (Wildman–Crippen LogP) is 1.05. The Morgan fingerprint density at radius 3 is 2.61 bits per heavy atom. The van der Waals surface area contributed by atoms with Crippen molar-refractivity contribution in [3.63, 3.8) is 0 Å². The van der Waals surface area contributed by atoms with Crippen molar-refractivity contribution >= 4 is 23.4 Å². The zero-order valence-electron chi connectivity index (χ0n) is 18.3. The van der Waals surface area contributed by atoms with Crippen molar-refractivity contribution in [2.75, 3.05) is 7.11 Å². The predicted molar refractivity (Wildman–Crippen MR) is 114 cm³/mol. The number of H-pyrrole nitrogens is 2. The summed E-state index contributed by atoms with van der Waals surface area (Å²) < 4.78 is 4.78. The smallest absolute Gasteiger partial charge is 0.354 e. The van der Waals surface area contributed by atoms with Crippen molar-refractivity contribution < 1.29 is 29.2 Å². The van der Waals surface area contributed by atoms with Gasteiger partial charge in [-0.2, -0.15) is 0 Å². The number of Topliss-reactive ketones (excluding diaryl/α,β-unsaturated/α-hetero) is 1. The number of pyridine rings is 2. The molecule has 0 spiro atoms. The van der Waals surface area contributed by atoms with Gasteiger partial charge in [0.1, 0.15) is 5.69 Å². The molecule has 1 aliphatic heterocycles. The van der Waals surface area contributed by atoms with Gasteiger partial charge in [-0.15, -0.1) is 0 Å². The molecular formula is C24H22N4O5. The summed E-state index contributed by atoms with van der Waals surface area (Å²) >= 11 is 0.